The quantitative estimate of drug-likeness (QED) is 0.688. The van der Waals surface area contributed by atoms with Crippen molar-refractivity contribution in [3.63, 3.8) is 0 Å². The van der Waals surface area contributed by atoms with E-state index in [1.54, 1.807) is 30.1 Å². The van der Waals surface area contributed by atoms with Crippen molar-refractivity contribution in [1.29, 1.82) is 0 Å². The van der Waals surface area contributed by atoms with E-state index < -0.39 is 29.6 Å². The molecule has 0 radical (unpaired) electrons. The number of fused-ring (bicyclic) bond motifs is 3. The average molecular weight is 371 g/mol. The highest BCUT2D eigenvalue weighted by Gasteiger charge is 2.58. The highest BCUT2D eigenvalue weighted by Crippen LogP contribution is 2.44. The second-order valence-corrected chi connectivity index (χ2v) is 6.90. The first-order valence-electron chi connectivity index (χ1n) is 7.27. The molecule has 6 nitrogen and oxygen atoms in total. The molecular formula is C15H12F3N3O3S. The Balaban J connectivity index is 2.01. The number of hydrogen-bond donors (Lipinski definition) is 2. The van der Waals surface area contributed by atoms with E-state index in [0.717, 1.165) is 17.0 Å². The van der Waals surface area contributed by atoms with Crippen LogP contribution < -0.4 is 5.56 Å². The van der Waals surface area contributed by atoms with Crippen LogP contribution in [0.15, 0.2) is 23.1 Å². The van der Waals surface area contributed by atoms with E-state index in [1.807, 2.05) is 0 Å². The third-order valence-electron chi connectivity index (χ3n) is 4.32. The molecule has 1 aliphatic rings. The van der Waals surface area contributed by atoms with Gasteiger partial charge in [0.25, 0.3) is 5.56 Å². The van der Waals surface area contributed by atoms with E-state index >= 15 is 0 Å². The predicted molar refractivity (Wildman–Crippen MR) is 84.3 cm³/mol. The Bertz CT molecular complexity index is 1040. The van der Waals surface area contributed by atoms with Crippen LogP contribution >= 0.6 is 11.3 Å². The number of aromatic nitrogens is 3. The number of halogens is 3. The fourth-order valence-electron chi connectivity index (χ4n) is 3.01. The van der Waals surface area contributed by atoms with Crippen molar-refractivity contribution in [2.45, 2.75) is 18.4 Å². The lowest BCUT2D eigenvalue weighted by atomic mass is 9.91. The Hall–Kier alpha value is -2.17. The van der Waals surface area contributed by atoms with Crippen LogP contribution in [0.1, 0.15) is 11.3 Å². The average Bonchev–Trinajstić information content (AvgIpc) is 3.14. The smallest absolute Gasteiger partial charge is 0.373 e. The molecule has 10 heteroatoms. The molecule has 0 aliphatic carbocycles. The number of aromatic amines is 1. The summed E-state index contributed by atoms with van der Waals surface area (Å²) in [6, 6.07) is 3.38. The Morgan fingerprint density at radius 1 is 1.48 bits per heavy atom. The monoisotopic (exact) mass is 371 g/mol. The number of nitrogens with zero attached hydrogens (tertiary/aromatic N) is 2. The third kappa shape index (κ3) is 2.25. The number of alkyl halides is 3. The molecule has 4 heterocycles. The van der Waals surface area contributed by atoms with Crippen LogP contribution in [0, 0.1) is 0 Å². The molecule has 1 atom stereocenters. The number of H-pyrrole nitrogens is 1. The third-order valence-corrected chi connectivity index (χ3v) is 5.47. The molecule has 0 amide bonds. The SMILES string of the molecule is Cn1nccc1-c1cc2c3c([nH]c(=O)c2s1)[C@](O)(C(F)(F)F)COC3. The molecular weight excluding hydrogens is 359 g/mol. The van der Waals surface area contributed by atoms with Crippen molar-refractivity contribution in [1.82, 2.24) is 14.8 Å². The Morgan fingerprint density at radius 2 is 2.24 bits per heavy atom. The molecule has 0 unspecified atom stereocenters. The van der Waals surface area contributed by atoms with Gasteiger partial charge >= 0.3 is 6.18 Å². The molecule has 0 fully saturated rings. The van der Waals surface area contributed by atoms with Crippen molar-refractivity contribution in [2.24, 2.45) is 7.05 Å². The van der Waals surface area contributed by atoms with Crippen LogP contribution in [0.4, 0.5) is 13.2 Å². The van der Waals surface area contributed by atoms with Gasteiger partial charge in [-0.3, -0.25) is 9.48 Å². The first kappa shape index (κ1) is 16.3. The second-order valence-electron chi connectivity index (χ2n) is 5.85. The summed E-state index contributed by atoms with van der Waals surface area (Å²) in [6.45, 7) is -1.08. The molecule has 2 N–H and O–H groups in total. The lowest BCUT2D eigenvalue weighted by molar-refractivity contribution is -0.289. The number of rotatable bonds is 1. The maximum Gasteiger partial charge on any atom is 0.425 e. The van der Waals surface area contributed by atoms with Gasteiger partial charge in [-0.15, -0.1) is 11.3 Å². The lowest BCUT2D eigenvalue weighted by Crippen LogP contribution is -2.50. The first-order chi connectivity index (χ1) is 11.7. The fraction of sp³-hybridized carbons (Fsp3) is 0.333. The number of hydrogen-bond acceptors (Lipinski definition) is 5. The van der Waals surface area contributed by atoms with Gasteiger partial charge in [0.1, 0.15) is 4.70 Å². The van der Waals surface area contributed by atoms with Crippen molar-refractivity contribution in [3.8, 4) is 10.6 Å². The van der Waals surface area contributed by atoms with E-state index in [9.17, 15) is 23.1 Å². The number of nitrogens with one attached hydrogen (secondary N) is 1. The van der Waals surface area contributed by atoms with Crippen LogP contribution in [0.5, 0.6) is 0 Å². The summed E-state index contributed by atoms with van der Waals surface area (Å²) in [7, 11) is 1.73. The number of aryl methyl sites for hydroxylation is 1. The van der Waals surface area contributed by atoms with Crippen molar-refractivity contribution in [2.75, 3.05) is 6.61 Å². The number of aliphatic hydroxyl groups is 1. The molecule has 3 aromatic rings. The summed E-state index contributed by atoms with van der Waals surface area (Å²) < 4.78 is 47.0. The van der Waals surface area contributed by atoms with Gasteiger partial charge in [0.2, 0.25) is 5.60 Å². The Morgan fingerprint density at radius 3 is 2.88 bits per heavy atom. The molecule has 1 aliphatic heterocycles. The van der Waals surface area contributed by atoms with E-state index in [0.29, 0.717) is 10.3 Å². The minimum absolute atomic E-state index is 0.122. The van der Waals surface area contributed by atoms with Crippen LogP contribution in [-0.4, -0.2) is 32.7 Å². The summed E-state index contributed by atoms with van der Waals surface area (Å²) in [5.74, 6) is 0. The summed E-state index contributed by atoms with van der Waals surface area (Å²) in [6.07, 6.45) is -3.38. The van der Waals surface area contributed by atoms with Gasteiger partial charge in [0, 0.05) is 24.2 Å². The zero-order chi connectivity index (χ0) is 18.0. The van der Waals surface area contributed by atoms with Gasteiger partial charge in [-0.05, 0) is 12.1 Å². The first-order valence-corrected chi connectivity index (χ1v) is 8.08. The van der Waals surface area contributed by atoms with Gasteiger partial charge < -0.3 is 14.8 Å². The lowest BCUT2D eigenvalue weighted by Gasteiger charge is -2.35. The minimum atomic E-state index is -4.97. The van der Waals surface area contributed by atoms with Crippen molar-refractivity contribution < 1.29 is 23.0 Å². The van der Waals surface area contributed by atoms with Gasteiger partial charge in [0.05, 0.1) is 29.5 Å². The summed E-state index contributed by atoms with van der Waals surface area (Å²) >= 11 is 1.15. The normalized spacial score (nSPS) is 20.8. The van der Waals surface area contributed by atoms with Crippen molar-refractivity contribution >= 4 is 21.4 Å². The van der Waals surface area contributed by atoms with Crippen LogP contribution in [0.25, 0.3) is 20.7 Å². The standard InChI is InChI=1S/C15H12F3N3O3S/c1-21-9(2-3-19-21)10-4-7-8-5-24-6-14(23,15(16,17)18)12(8)20-13(22)11(7)25-10/h2-4,23H,5-6H2,1H3,(H,20,22)/t14-/m0/s1. The second kappa shape index (κ2) is 5.16. The van der Waals surface area contributed by atoms with Crippen LogP contribution in [-0.2, 0) is 24.0 Å². The van der Waals surface area contributed by atoms with E-state index in [4.69, 9.17) is 4.74 Å². The highest BCUT2D eigenvalue weighted by molar-refractivity contribution is 7.22. The van der Waals surface area contributed by atoms with Gasteiger partial charge in [-0.25, -0.2) is 0 Å². The molecule has 25 heavy (non-hydrogen) atoms. The Labute approximate surface area is 142 Å². The number of thiophene rings is 1. The number of pyridine rings is 1. The summed E-state index contributed by atoms with van der Waals surface area (Å²) in [4.78, 5) is 15.3. The van der Waals surface area contributed by atoms with Gasteiger partial charge in [-0.2, -0.15) is 18.3 Å². The maximum atomic E-state index is 13.4. The zero-order valence-corrected chi connectivity index (χ0v) is 13.7. The zero-order valence-electron chi connectivity index (χ0n) is 12.8. The van der Waals surface area contributed by atoms with E-state index in [2.05, 4.69) is 10.1 Å². The van der Waals surface area contributed by atoms with Gasteiger partial charge in [-0.1, -0.05) is 0 Å². The van der Waals surface area contributed by atoms with E-state index in [1.165, 1.54) is 0 Å². The molecule has 0 saturated heterocycles. The molecule has 132 valence electrons. The summed E-state index contributed by atoms with van der Waals surface area (Å²) in [5, 5.41) is 14.5. The van der Waals surface area contributed by atoms with Crippen LogP contribution in [0.2, 0.25) is 0 Å². The molecule has 0 spiro atoms. The molecule has 0 saturated carbocycles. The van der Waals surface area contributed by atoms with Gasteiger partial charge in [0.15, 0.2) is 0 Å². The summed E-state index contributed by atoms with van der Waals surface area (Å²) in [5.41, 5.74) is -3.57. The topological polar surface area (TPSA) is 80.1 Å². The molecule has 3 aromatic heterocycles. The Kier molecular flexibility index (Phi) is 3.37. The minimum Gasteiger partial charge on any atom is -0.373 e. The largest absolute Gasteiger partial charge is 0.425 e. The van der Waals surface area contributed by atoms with Crippen molar-refractivity contribution in [3.05, 3.63) is 39.9 Å². The maximum absolute atomic E-state index is 13.4. The predicted octanol–water partition coefficient (Wildman–Crippen LogP) is 2.27. The molecule has 0 aromatic carbocycles. The molecule has 4 rings (SSSR count). The fourth-order valence-corrected chi connectivity index (χ4v) is 4.14. The van der Waals surface area contributed by atoms with E-state index in [-0.39, 0.29) is 16.9 Å². The number of ether oxygens (including phenoxy) is 1. The van der Waals surface area contributed by atoms with Crippen LogP contribution in [0.3, 0.4) is 0 Å². The molecule has 0 bridgehead atoms. The highest BCUT2D eigenvalue weighted by atomic mass is 32.1.